The van der Waals surface area contributed by atoms with Crippen molar-refractivity contribution < 1.29 is 9.90 Å². The summed E-state index contributed by atoms with van der Waals surface area (Å²) in [6, 6.07) is 29.1. The third-order valence-corrected chi connectivity index (χ3v) is 5.46. The Hall–Kier alpha value is -2.95. The summed E-state index contributed by atoms with van der Waals surface area (Å²) >= 11 is 0. The Morgan fingerprint density at radius 3 is 1.75 bits per heavy atom. The molecule has 0 unspecified atom stereocenters. The Balaban J connectivity index is 1.85. The van der Waals surface area contributed by atoms with E-state index in [-0.39, 0.29) is 11.4 Å². The molecule has 3 aromatic rings. The van der Waals surface area contributed by atoms with Gasteiger partial charge in [-0.15, -0.1) is 0 Å². The molecule has 168 valence electrons. The third-order valence-electron chi connectivity index (χ3n) is 5.46. The molecule has 0 aliphatic heterocycles. The number of nitrogens with one attached hydrogen (secondary N) is 2. The molecule has 3 N–H and O–H groups in total. The van der Waals surface area contributed by atoms with Gasteiger partial charge in [-0.05, 0) is 43.9 Å². The maximum absolute atomic E-state index is 13.6. The van der Waals surface area contributed by atoms with Gasteiger partial charge in [-0.2, -0.15) is 0 Å². The lowest BCUT2D eigenvalue weighted by Gasteiger charge is -2.30. The number of amides is 1. The Morgan fingerprint density at radius 2 is 1.28 bits per heavy atom. The van der Waals surface area contributed by atoms with Crippen molar-refractivity contribution in [2.45, 2.75) is 50.8 Å². The molecular formula is C28H34N2O2. The van der Waals surface area contributed by atoms with E-state index in [0.29, 0.717) is 13.0 Å². The highest BCUT2D eigenvalue weighted by atomic mass is 16.3. The molecule has 2 atom stereocenters. The second kappa shape index (κ2) is 11.1. The van der Waals surface area contributed by atoms with Crippen LogP contribution < -0.4 is 10.6 Å². The second-order valence-electron chi connectivity index (χ2n) is 9.26. The summed E-state index contributed by atoms with van der Waals surface area (Å²) in [5.41, 5.74) is 2.80. The summed E-state index contributed by atoms with van der Waals surface area (Å²) in [5, 5.41) is 17.6. The lowest BCUT2D eigenvalue weighted by Crippen LogP contribution is -2.52. The quantitative estimate of drug-likeness (QED) is 0.474. The first-order valence-corrected chi connectivity index (χ1v) is 11.2. The predicted molar refractivity (Wildman–Crippen MR) is 131 cm³/mol. The minimum atomic E-state index is -0.731. The number of hydrogen-bond donors (Lipinski definition) is 3. The molecule has 32 heavy (non-hydrogen) atoms. The summed E-state index contributed by atoms with van der Waals surface area (Å²) in [7, 11) is 0. The highest BCUT2D eigenvalue weighted by Gasteiger charge is 2.28. The van der Waals surface area contributed by atoms with Crippen LogP contribution in [0.5, 0.6) is 0 Å². The van der Waals surface area contributed by atoms with E-state index >= 15 is 0 Å². The van der Waals surface area contributed by atoms with E-state index in [1.807, 2.05) is 91.0 Å². The monoisotopic (exact) mass is 430 g/mol. The molecular weight excluding hydrogens is 396 g/mol. The predicted octanol–water partition coefficient (Wildman–Crippen LogP) is 4.30. The van der Waals surface area contributed by atoms with E-state index in [2.05, 4.69) is 31.4 Å². The SMILES string of the molecule is CC(C)(C)NC[C@H](O)[C@H](Cc1ccccc1)NC(=O)C(c1ccccc1)c1ccccc1. The molecule has 0 radical (unpaired) electrons. The Labute approximate surface area is 191 Å². The van der Waals surface area contributed by atoms with Crippen LogP contribution in [0.15, 0.2) is 91.0 Å². The zero-order chi connectivity index (χ0) is 23.0. The molecule has 4 heteroatoms. The molecule has 0 saturated carbocycles. The number of rotatable bonds is 9. The summed E-state index contributed by atoms with van der Waals surface area (Å²) < 4.78 is 0. The molecule has 0 spiro atoms. The summed E-state index contributed by atoms with van der Waals surface area (Å²) in [6.07, 6.45) is -0.179. The van der Waals surface area contributed by atoms with E-state index in [1.165, 1.54) is 0 Å². The lowest BCUT2D eigenvalue weighted by molar-refractivity contribution is -0.123. The molecule has 4 nitrogen and oxygen atoms in total. The van der Waals surface area contributed by atoms with Crippen LogP contribution in [0.3, 0.4) is 0 Å². The zero-order valence-electron chi connectivity index (χ0n) is 19.2. The average Bonchev–Trinajstić information content (AvgIpc) is 2.79. The largest absolute Gasteiger partial charge is 0.390 e. The molecule has 0 heterocycles. The molecule has 0 aliphatic carbocycles. The van der Waals surface area contributed by atoms with Gasteiger partial charge in [0.25, 0.3) is 0 Å². The van der Waals surface area contributed by atoms with Crippen molar-refractivity contribution in [3.8, 4) is 0 Å². The Morgan fingerprint density at radius 1 is 0.812 bits per heavy atom. The fraction of sp³-hybridized carbons (Fsp3) is 0.321. The van der Waals surface area contributed by atoms with Crippen LogP contribution in [0, 0.1) is 0 Å². The van der Waals surface area contributed by atoms with Crippen molar-refractivity contribution in [2.24, 2.45) is 0 Å². The summed E-state index contributed by atoms with van der Waals surface area (Å²) in [4.78, 5) is 13.6. The van der Waals surface area contributed by atoms with Gasteiger partial charge in [0.2, 0.25) is 5.91 Å². The number of hydrogen-bond acceptors (Lipinski definition) is 3. The van der Waals surface area contributed by atoms with Crippen molar-refractivity contribution in [3.05, 3.63) is 108 Å². The third kappa shape index (κ3) is 7.04. The second-order valence-corrected chi connectivity index (χ2v) is 9.26. The molecule has 0 aliphatic rings. The maximum Gasteiger partial charge on any atom is 0.232 e. The smallest absolute Gasteiger partial charge is 0.232 e. The van der Waals surface area contributed by atoms with Crippen LogP contribution >= 0.6 is 0 Å². The van der Waals surface area contributed by atoms with Gasteiger partial charge in [-0.1, -0.05) is 91.0 Å². The number of benzene rings is 3. The highest BCUT2D eigenvalue weighted by molar-refractivity contribution is 5.87. The molecule has 1 amide bonds. The fourth-order valence-electron chi connectivity index (χ4n) is 3.76. The molecule has 0 bridgehead atoms. The molecule has 0 fully saturated rings. The zero-order valence-corrected chi connectivity index (χ0v) is 19.2. The number of carbonyl (C=O) groups excluding carboxylic acids is 1. The van der Waals surface area contributed by atoms with Crippen molar-refractivity contribution >= 4 is 5.91 Å². The van der Waals surface area contributed by atoms with Crippen molar-refractivity contribution in [2.75, 3.05) is 6.54 Å². The topological polar surface area (TPSA) is 61.4 Å². The first kappa shape index (κ1) is 23.7. The van der Waals surface area contributed by atoms with Crippen molar-refractivity contribution in [1.82, 2.24) is 10.6 Å². The van der Waals surface area contributed by atoms with Crippen LogP contribution in [-0.2, 0) is 11.2 Å². The van der Waals surface area contributed by atoms with Crippen molar-refractivity contribution in [1.29, 1.82) is 0 Å². The van der Waals surface area contributed by atoms with Crippen LogP contribution in [0.25, 0.3) is 0 Å². The standard InChI is InChI=1S/C28H34N2O2/c1-28(2,3)29-20-25(31)24(19-21-13-7-4-8-14-21)30-27(32)26(22-15-9-5-10-16-22)23-17-11-6-12-18-23/h4-18,24-26,29,31H,19-20H2,1-3H3,(H,30,32)/t24-,25-/m0/s1. The van der Waals surface area contributed by atoms with Gasteiger partial charge >= 0.3 is 0 Å². The average molecular weight is 431 g/mol. The first-order chi connectivity index (χ1) is 15.3. The van der Waals surface area contributed by atoms with Crippen LogP contribution in [0.4, 0.5) is 0 Å². The maximum atomic E-state index is 13.6. The Bertz CT molecular complexity index is 913. The summed E-state index contributed by atoms with van der Waals surface area (Å²) in [5.74, 6) is -0.559. The van der Waals surface area contributed by atoms with E-state index in [9.17, 15) is 9.90 Å². The van der Waals surface area contributed by atoms with Gasteiger partial charge in [0.15, 0.2) is 0 Å². The first-order valence-electron chi connectivity index (χ1n) is 11.2. The molecule has 0 aromatic heterocycles. The van der Waals surface area contributed by atoms with Gasteiger partial charge in [-0.25, -0.2) is 0 Å². The van der Waals surface area contributed by atoms with Gasteiger partial charge in [0.05, 0.1) is 18.1 Å². The fourth-order valence-corrected chi connectivity index (χ4v) is 3.76. The van der Waals surface area contributed by atoms with E-state index in [1.54, 1.807) is 0 Å². The summed E-state index contributed by atoms with van der Waals surface area (Å²) in [6.45, 7) is 6.57. The van der Waals surface area contributed by atoms with E-state index in [4.69, 9.17) is 0 Å². The lowest BCUT2D eigenvalue weighted by atomic mass is 9.89. The molecule has 0 saturated heterocycles. The Kier molecular flexibility index (Phi) is 8.20. The van der Waals surface area contributed by atoms with Gasteiger partial charge in [0, 0.05) is 12.1 Å². The number of β-amino-alcohol motifs (C(OH)–C–C–N with tert-alkyl or cyclic N) is 1. The number of carbonyl (C=O) groups is 1. The van der Waals surface area contributed by atoms with Gasteiger partial charge < -0.3 is 15.7 Å². The minimum absolute atomic E-state index is 0.113. The van der Waals surface area contributed by atoms with Gasteiger partial charge in [0.1, 0.15) is 0 Å². The minimum Gasteiger partial charge on any atom is -0.390 e. The van der Waals surface area contributed by atoms with Crippen LogP contribution in [0.2, 0.25) is 0 Å². The van der Waals surface area contributed by atoms with Crippen LogP contribution in [-0.4, -0.2) is 35.2 Å². The normalized spacial score (nSPS) is 13.5. The van der Waals surface area contributed by atoms with E-state index in [0.717, 1.165) is 16.7 Å². The van der Waals surface area contributed by atoms with Crippen molar-refractivity contribution in [3.63, 3.8) is 0 Å². The van der Waals surface area contributed by atoms with E-state index < -0.39 is 18.1 Å². The molecule has 3 aromatic carbocycles. The van der Waals surface area contributed by atoms with Crippen LogP contribution in [0.1, 0.15) is 43.4 Å². The van der Waals surface area contributed by atoms with Gasteiger partial charge in [-0.3, -0.25) is 4.79 Å². The number of aliphatic hydroxyl groups excluding tert-OH is 1. The number of aliphatic hydroxyl groups is 1. The molecule has 3 rings (SSSR count). The highest BCUT2D eigenvalue weighted by Crippen LogP contribution is 2.25.